The van der Waals surface area contributed by atoms with Gasteiger partial charge < -0.3 is 5.73 Å². The van der Waals surface area contributed by atoms with Gasteiger partial charge in [0.05, 0.1) is 6.54 Å². The minimum absolute atomic E-state index is 0.484. The van der Waals surface area contributed by atoms with Gasteiger partial charge >= 0.3 is 0 Å². The summed E-state index contributed by atoms with van der Waals surface area (Å²) in [5, 5.41) is 11.5. The molecule has 0 radical (unpaired) electrons. The number of rotatable bonds is 2. The monoisotopic (exact) mass is 220 g/mol. The average Bonchev–Trinajstić information content (AvgIpc) is 2.26. The molecule has 0 heterocycles. The maximum Gasteiger partial charge on any atom is 0.183 e. The first kappa shape index (κ1) is 11.4. The van der Waals surface area contributed by atoms with Gasteiger partial charge in [0.25, 0.3) is 0 Å². The summed E-state index contributed by atoms with van der Waals surface area (Å²) in [5.41, 5.74) is 7.44. The Morgan fingerprint density at radius 2 is 2.33 bits per heavy atom. The third kappa shape index (κ3) is 3.52. The molecule has 3 N–H and O–H groups in total. The molecule has 5 heteroatoms. The van der Waals surface area contributed by atoms with E-state index in [1.54, 1.807) is 0 Å². The van der Waals surface area contributed by atoms with Crippen molar-refractivity contribution in [2.45, 2.75) is 6.54 Å². The summed E-state index contributed by atoms with van der Waals surface area (Å²) in [7, 11) is 0. The predicted octanol–water partition coefficient (Wildman–Crippen LogP) is 1.56. The number of nitrogens with two attached hydrogens (primary N) is 1. The molecule has 0 amide bonds. The van der Waals surface area contributed by atoms with Crippen LogP contribution in [0.1, 0.15) is 5.56 Å². The molecule has 0 aliphatic carbocycles. The fraction of sp³-hybridized carbons (Fsp3) is 0.200. The summed E-state index contributed by atoms with van der Waals surface area (Å²) < 4.78 is 0. The van der Waals surface area contributed by atoms with Crippen LogP contribution in [-0.2, 0) is 6.54 Å². The van der Waals surface area contributed by atoms with Crippen molar-refractivity contribution in [1.29, 1.82) is 5.26 Å². The molecule has 0 bridgehead atoms. The Balaban J connectivity index is 2.71. The summed E-state index contributed by atoms with van der Waals surface area (Å²) in [5.74, 6) is 0. The first-order valence-electron chi connectivity index (χ1n) is 4.35. The van der Waals surface area contributed by atoms with E-state index in [9.17, 15) is 0 Å². The SMILES string of the molecule is CSC(=NCc1ccccc1N)NC#N. The smallest absolute Gasteiger partial charge is 0.183 e. The van der Waals surface area contributed by atoms with E-state index in [-0.39, 0.29) is 0 Å². The zero-order valence-electron chi connectivity index (χ0n) is 8.40. The number of nitrogen functional groups attached to an aromatic ring is 1. The van der Waals surface area contributed by atoms with Gasteiger partial charge in [-0.1, -0.05) is 30.0 Å². The summed E-state index contributed by atoms with van der Waals surface area (Å²) in [6.45, 7) is 0.484. The Morgan fingerprint density at radius 1 is 1.60 bits per heavy atom. The second-order valence-electron chi connectivity index (χ2n) is 2.76. The molecule has 0 aliphatic rings. The zero-order chi connectivity index (χ0) is 11.1. The van der Waals surface area contributed by atoms with Gasteiger partial charge in [0.2, 0.25) is 0 Å². The van der Waals surface area contributed by atoms with Crippen molar-refractivity contribution in [3.63, 3.8) is 0 Å². The number of thioether (sulfide) groups is 1. The van der Waals surface area contributed by atoms with E-state index in [0.29, 0.717) is 11.7 Å². The number of hydrogen-bond donors (Lipinski definition) is 2. The number of benzene rings is 1. The number of hydrogen-bond acceptors (Lipinski definition) is 4. The van der Waals surface area contributed by atoms with Crippen LogP contribution < -0.4 is 11.1 Å². The number of nitriles is 1. The van der Waals surface area contributed by atoms with Crippen molar-refractivity contribution < 1.29 is 0 Å². The molecule has 0 aromatic heterocycles. The number of para-hydroxylation sites is 1. The van der Waals surface area contributed by atoms with Gasteiger partial charge in [0.15, 0.2) is 11.4 Å². The average molecular weight is 220 g/mol. The lowest BCUT2D eigenvalue weighted by Crippen LogP contribution is -2.13. The lowest BCUT2D eigenvalue weighted by Gasteiger charge is -2.03. The van der Waals surface area contributed by atoms with Crippen LogP contribution in [0.15, 0.2) is 29.3 Å². The van der Waals surface area contributed by atoms with Gasteiger partial charge in [0, 0.05) is 5.69 Å². The Labute approximate surface area is 93.2 Å². The third-order valence-corrected chi connectivity index (χ3v) is 2.42. The highest BCUT2D eigenvalue weighted by atomic mass is 32.2. The highest BCUT2D eigenvalue weighted by Gasteiger charge is 1.98. The Hall–Kier alpha value is -1.67. The largest absolute Gasteiger partial charge is 0.398 e. The van der Waals surface area contributed by atoms with Crippen LogP contribution in [0.4, 0.5) is 5.69 Å². The number of amidine groups is 1. The summed E-state index contributed by atoms with van der Waals surface area (Å²) in [4.78, 5) is 4.23. The van der Waals surface area contributed by atoms with E-state index in [1.165, 1.54) is 11.8 Å². The minimum atomic E-state index is 0.484. The third-order valence-electron chi connectivity index (χ3n) is 1.80. The highest BCUT2D eigenvalue weighted by molar-refractivity contribution is 8.13. The van der Waals surface area contributed by atoms with E-state index in [4.69, 9.17) is 11.0 Å². The molecule has 0 saturated carbocycles. The minimum Gasteiger partial charge on any atom is -0.398 e. The summed E-state index contributed by atoms with van der Waals surface area (Å²) in [6.07, 6.45) is 3.70. The van der Waals surface area contributed by atoms with E-state index in [1.807, 2.05) is 36.7 Å². The molecule has 1 rings (SSSR count). The van der Waals surface area contributed by atoms with Gasteiger partial charge in [-0.25, -0.2) is 0 Å². The molecule has 1 aromatic carbocycles. The van der Waals surface area contributed by atoms with Crippen LogP contribution in [0.25, 0.3) is 0 Å². The summed E-state index contributed by atoms with van der Waals surface area (Å²) in [6, 6.07) is 7.55. The topological polar surface area (TPSA) is 74.2 Å². The predicted molar refractivity (Wildman–Crippen MR) is 64.3 cm³/mol. The highest BCUT2D eigenvalue weighted by Crippen LogP contribution is 2.12. The number of anilines is 1. The molecule has 0 aliphatic heterocycles. The van der Waals surface area contributed by atoms with Crippen LogP contribution in [0.2, 0.25) is 0 Å². The number of nitrogens with zero attached hydrogens (tertiary/aromatic N) is 2. The normalized spacial score (nSPS) is 10.8. The maximum absolute atomic E-state index is 8.44. The Kier molecular flexibility index (Phi) is 4.51. The molecule has 1 aromatic rings. The second kappa shape index (κ2) is 5.94. The number of aliphatic imine (C=N–C) groups is 1. The van der Waals surface area contributed by atoms with Gasteiger partial charge in [-0.3, -0.25) is 10.3 Å². The van der Waals surface area contributed by atoms with Crippen molar-refractivity contribution in [2.24, 2.45) is 4.99 Å². The Bertz CT molecular complexity index is 395. The van der Waals surface area contributed by atoms with Gasteiger partial charge in [-0.05, 0) is 17.9 Å². The van der Waals surface area contributed by atoms with Crippen LogP contribution in [0, 0.1) is 11.5 Å². The van der Waals surface area contributed by atoms with Crippen molar-refractivity contribution in [2.75, 3.05) is 12.0 Å². The van der Waals surface area contributed by atoms with Gasteiger partial charge in [0.1, 0.15) is 0 Å². The quantitative estimate of drug-likeness (QED) is 0.261. The maximum atomic E-state index is 8.44. The van der Waals surface area contributed by atoms with Gasteiger partial charge in [-0.2, -0.15) is 5.26 Å². The molecule has 4 nitrogen and oxygen atoms in total. The van der Waals surface area contributed by atoms with Crippen molar-refractivity contribution in [3.8, 4) is 6.19 Å². The molecule has 0 saturated heterocycles. The zero-order valence-corrected chi connectivity index (χ0v) is 9.21. The van der Waals surface area contributed by atoms with Gasteiger partial charge in [-0.15, -0.1) is 0 Å². The molecule has 0 spiro atoms. The van der Waals surface area contributed by atoms with Crippen molar-refractivity contribution >= 4 is 22.6 Å². The molecule has 0 fully saturated rings. The molecular formula is C10H12N4S. The van der Waals surface area contributed by atoms with Crippen LogP contribution >= 0.6 is 11.8 Å². The molecular weight excluding hydrogens is 208 g/mol. The second-order valence-corrected chi connectivity index (χ2v) is 3.56. The molecule has 15 heavy (non-hydrogen) atoms. The van der Waals surface area contributed by atoms with Crippen molar-refractivity contribution in [3.05, 3.63) is 29.8 Å². The van der Waals surface area contributed by atoms with E-state index >= 15 is 0 Å². The fourth-order valence-corrected chi connectivity index (χ4v) is 1.38. The first-order chi connectivity index (χ1) is 7.27. The number of nitrogens with one attached hydrogen (secondary N) is 1. The summed E-state index contributed by atoms with van der Waals surface area (Å²) >= 11 is 1.40. The van der Waals surface area contributed by atoms with E-state index < -0.39 is 0 Å². The van der Waals surface area contributed by atoms with Crippen molar-refractivity contribution in [1.82, 2.24) is 5.32 Å². The molecule has 0 unspecified atom stereocenters. The van der Waals surface area contributed by atoms with E-state index in [2.05, 4.69) is 10.3 Å². The van der Waals surface area contributed by atoms with E-state index in [0.717, 1.165) is 11.3 Å². The van der Waals surface area contributed by atoms with Crippen LogP contribution in [0.5, 0.6) is 0 Å². The fourth-order valence-electron chi connectivity index (χ4n) is 1.04. The lowest BCUT2D eigenvalue weighted by atomic mass is 10.2. The van der Waals surface area contributed by atoms with Crippen LogP contribution in [-0.4, -0.2) is 11.4 Å². The molecule has 78 valence electrons. The standard InChI is InChI=1S/C10H12N4S/c1-15-10(14-7-11)13-6-8-4-2-3-5-9(8)12/h2-5H,6,12H2,1H3,(H,13,14). The first-order valence-corrected chi connectivity index (χ1v) is 5.57. The lowest BCUT2D eigenvalue weighted by molar-refractivity contribution is 1.06. The Morgan fingerprint density at radius 3 is 2.93 bits per heavy atom. The molecule has 0 atom stereocenters. The van der Waals surface area contributed by atoms with Crippen LogP contribution in [0.3, 0.4) is 0 Å².